The SMILES string of the molecule is C=CCN1CCC(NC(=O)c2n[nH]c3c2CNCC3)CC1.Cl. The molecule has 22 heavy (non-hydrogen) atoms. The molecule has 0 radical (unpaired) electrons. The van der Waals surface area contributed by atoms with Gasteiger partial charge in [0.15, 0.2) is 5.69 Å². The molecular weight excluding hydrogens is 302 g/mol. The Balaban J connectivity index is 0.00000176. The molecule has 0 aromatic carbocycles. The summed E-state index contributed by atoms with van der Waals surface area (Å²) in [6, 6.07) is 0.252. The lowest BCUT2D eigenvalue weighted by Gasteiger charge is -2.31. The summed E-state index contributed by atoms with van der Waals surface area (Å²) in [6.07, 6.45) is 4.83. The molecule has 0 saturated carbocycles. The first-order chi connectivity index (χ1) is 10.3. The highest BCUT2D eigenvalue weighted by molar-refractivity contribution is 5.94. The van der Waals surface area contributed by atoms with E-state index in [1.807, 2.05) is 6.08 Å². The molecule has 3 rings (SSSR count). The van der Waals surface area contributed by atoms with Gasteiger partial charge in [0.05, 0.1) is 0 Å². The molecule has 1 aromatic rings. The van der Waals surface area contributed by atoms with Crippen molar-refractivity contribution < 1.29 is 4.79 Å². The predicted molar refractivity (Wildman–Crippen MR) is 88.4 cm³/mol. The van der Waals surface area contributed by atoms with Crippen LogP contribution in [0.5, 0.6) is 0 Å². The lowest BCUT2D eigenvalue weighted by molar-refractivity contribution is 0.0908. The van der Waals surface area contributed by atoms with Crippen molar-refractivity contribution in [3.05, 3.63) is 29.6 Å². The average Bonchev–Trinajstić information content (AvgIpc) is 2.93. The molecule has 0 aliphatic carbocycles. The third kappa shape index (κ3) is 3.69. The monoisotopic (exact) mass is 325 g/mol. The average molecular weight is 326 g/mol. The lowest BCUT2D eigenvalue weighted by atomic mass is 10.0. The fourth-order valence-corrected chi connectivity index (χ4v) is 3.11. The molecular formula is C15H24ClN5O. The molecule has 3 N–H and O–H groups in total. The van der Waals surface area contributed by atoms with E-state index in [0.717, 1.165) is 63.2 Å². The number of hydrogen-bond acceptors (Lipinski definition) is 4. The highest BCUT2D eigenvalue weighted by Gasteiger charge is 2.25. The number of piperidine rings is 1. The summed E-state index contributed by atoms with van der Waals surface area (Å²) in [5.74, 6) is -0.0432. The number of nitrogens with one attached hydrogen (secondary N) is 3. The summed E-state index contributed by atoms with van der Waals surface area (Å²) >= 11 is 0. The Morgan fingerprint density at radius 3 is 2.95 bits per heavy atom. The van der Waals surface area contributed by atoms with Gasteiger partial charge in [0.1, 0.15) is 0 Å². The van der Waals surface area contributed by atoms with Gasteiger partial charge in [-0.1, -0.05) is 6.08 Å². The van der Waals surface area contributed by atoms with E-state index in [0.29, 0.717) is 5.69 Å². The molecule has 6 nitrogen and oxygen atoms in total. The fraction of sp³-hybridized carbons (Fsp3) is 0.600. The Labute approximate surface area is 137 Å². The van der Waals surface area contributed by atoms with Gasteiger partial charge in [-0.15, -0.1) is 19.0 Å². The number of aromatic amines is 1. The van der Waals surface area contributed by atoms with Gasteiger partial charge in [-0.2, -0.15) is 5.10 Å². The van der Waals surface area contributed by atoms with Gasteiger partial charge >= 0.3 is 0 Å². The number of rotatable bonds is 4. The number of carbonyl (C=O) groups is 1. The number of amides is 1. The van der Waals surface area contributed by atoms with Crippen LogP contribution in [0.25, 0.3) is 0 Å². The molecule has 0 unspecified atom stereocenters. The Morgan fingerprint density at radius 2 is 2.23 bits per heavy atom. The molecule has 1 fully saturated rings. The van der Waals surface area contributed by atoms with E-state index < -0.39 is 0 Å². The number of likely N-dealkylation sites (tertiary alicyclic amines) is 1. The molecule has 122 valence electrons. The maximum Gasteiger partial charge on any atom is 0.272 e. The standard InChI is InChI=1S/C15H23N5O.ClH/c1-2-7-20-8-4-11(5-9-20)17-15(21)14-12-10-16-6-3-13(12)18-19-14;/h2,11,16H,1,3-10H2,(H,17,21)(H,18,19);1H. The molecule has 3 heterocycles. The molecule has 0 bridgehead atoms. The molecule has 0 atom stereocenters. The quantitative estimate of drug-likeness (QED) is 0.718. The minimum atomic E-state index is -0.0432. The highest BCUT2D eigenvalue weighted by Crippen LogP contribution is 2.16. The molecule has 7 heteroatoms. The van der Waals surface area contributed by atoms with Crippen LogP contribution in [0.3, 0.4) is 0 Å². The number of nitrogens with zero attached hydrogens (tertiary/aromatic N) is 2. The highest BCUT2D eigenvalue weighted by atomic mass is 35.5. The first kappa shape index (κ1) is 17.0. The van der Waals surface area contributed by atoms with E-state index in [9.17, 15) is 4.79 Å². The lowest BCUT2D eigenvalue weighted by Crippen LogP contribution is -2.45. The smallest absolute Gasteiger partial charge is 0.272 e. The van der Waals surface area contributed by atoms with Crippen molar-refractivity contribution in [1.82, 2.24) is 25.7 Å². The largest absolute Gasteiger partial charge is 0.348 e. The van der Waals surface area contributed by atoms with Crippen LogP contribution in [0.1, 0.15) is 34.6 Å². The molecule has 2 aliphatic heterocycles. The van der Waals surface area contributed by atoms with Gasteiger partial charge in [0.2, 0.25) is 0 Å². The maximum atomic E-state index is 12.4. The van der Waals surface area contributed by atoms with Crippen molar-refractivity contribution in [1.29, 1.82) is 0 Å². The van der Waals surface area contributed by atoms with Crippen molar-refractivity contribution >= 4 is 18.3 Å². The number of halogens is 1. The third-order valence-corrected chi connectivity index (χ3v) is 4.33. The summed E-state index contributed by atoms with van der Waals surface area (Å²) in [5.41, 5.74) is 2.69. The minimum Gasteiger partial charge on any atom is -0.348 e. The van der Waals surface area contributed by atoms with Crippen molar-refractivity contribution in [2.24, 2.45) is 0 Å². The molecule has 2 aliphatic rings. The van der Waals surface area contributed by atoms with E-state index >= 15 is 0 Å². The first-order valence-corrected chi connectivity index (χ1v) is 7.69. The Hall–Kier alpha value is -1.37. The van der Waals surface area contributed by atoms with E-state index in [4.69, 9.17) is 0 Å². The van der Waals surface area contributed by atoms with E-state index in [2.05, 4.69) is 32.3 Å². The zero-order valence-corrected chi connectivity index (χ0v) is 13.5. The Morgan fingerprint density at radius 1 is 1.45 bits per heavy atom. The van der Waals surface area contributed by atoms with Crippen molar-refractivity contribution in [3.8, 4) is 0 Å². The molecule has 0 spiro atoms. The Kier molecular flexibility index (Phi) is 5.99. The molecule has 1 amide bonds. The van der Waals surface area contributed by atoms with Gasteiger partial charge in [-0.25, -0.2) is 0 Å². The number of aromatic nitrogens is 2. The van der Waals surface area contributed by atoms with Crippen LogP contribution >= 0.6 is 12.4 Å². The van der Waals surface area contributed by atoms with Crippen LogP contribution in [-0.4, -0.2) is 53.2 Å². The van der Waals surface area contributed by atoms with Gasteiger partial charge in [-0.3, -0.25) is 14.8 Å². The minimum absolute atomic E-state index is 0. The number of hydrogen-bond donors (Lipinski definition) is 3. The Bertz CT molecular complexity index is 522. The second-order valence-electron chi connectivity index (χ2n) is 5.79. The second kappa shape index (κ2) is 7.76. The van der Waals surface area contributed by atoms with Crippen LogP contribution < -0.4 is 10.6 Å². The summed E-state index contributed by atoms with van der Waals surface area (Å²) in [6.45, 7) is 8.39. The maximum absolute atomic E-state index is 12.4. The van der Waals surface area contributed by atoms with Gasteiger partial charge in [0.25, 0.3) is 5.91 Å². The fourth-order valence-electron chi connectivity index (χ4n) is 3.11. The van der Waals surface area contributed by atoms with E-state index in [1.54, 1.807) is 0 Å². The summed E-state index contributed by atoms with van der Waals surface area (Å²) in [5, 5.41) is 13.6. The molecule has 1 aromatic heterocycles. The van der Waals surface area contributed by atoms with Crippen LogP contribution in [-0.2, 0) is 13.0 Å². The zero-order chi connectivity index (χ0) is 14.7. The van der Waals surface area contributed by atoms with Crippen molar-refractivity contribution in [2.45, 2.75) is 31.8 Å². The van der Waals surface area contributed by atoms with Gasteiger partial charge in [0, 0.05) is 56.4 Å². The zero-order valence-electron chi connectivity index (χ0n) is 12.7. The second-order valence-corrected chi connectivity index (χ2v) is 5.79. The van der Waals surface area contributed by atoms with E-state index in [-0.39, 0.29) is 24.4 Å². The summed E-state index contributed by atoms with van der Waals surface area (Å²) in [7, 11) is 0. The van der Waals surface area contributed by atoms with Crippen LogP contribution in [0, 0.1) is 0 Å². The first-order valence-electron chi connectivity index (χ1n) is 7.69. The number of fused-ring (bicyclic) bond motifs is 1. The number of H-pyrrole nitrogens is 1. The third-order valence-electron chi connectivity index (χ3n) is 4.33. The number of carbonyl (C=O) groups excluding carboxylic acids is 1. The van der Waals surface area contributed by atoms with E-state index in [1.165, 1.54) is 0 Å². The van der Waals surface area contributed by atoms with Crippen LogP contribution in [0.2, 0.25) is 0 Å². The van der Waals surface area contributed by atoms with Gasteiger partial charge in [-0.05, 0) is 12.8 Å². The van der Waals surface area contributed by atoms with Crippen molar-refractivity contribution in [3.63, 3.8) is 0 Å². The predicted octanol–water partition coefficient (Wildman–Crippen LogP) is 0.857. The van der Waals surface area contributed by atoms with Gasteiger partial charge < -0.3 is 10.6 Å². The normalized spacial score (nSPS) is 19.1. The topological polar surface area (TPSA) is 73.0 Å². The van der Waals surface area contributed by atoms with Crippen LogP contribution in [0.4, 0.5) is 0 Å². The summed E-state index contributed by atoms with van der Waals surface area (Å²) in [4.78, 5) is 14.8. The van der Waals surface area contributed by atoms with Crippen molar-refractivity contribution in [2.75, 3.05) is 26.2 Å². The molecule has 1 saturated heterocycles. The van der Waals surface area contributed by atoms with Crippen LogP contribution in [0.15, 0.2) is 12.7 Å². The summed E-state index contributed by atoms with van der Waals surface area (Å²) < 4.78 is 0.